The Balaban J connectivity index is 2.74. The summed E-state index contributed by atoms with van der Waals surface area (Å²) in [4.78, 5) is 55.8. The number of aliphatic carboxylic acids is 1. The molecule has 1 aromatic rings. The Morgan fingerprint density at radius 2 is 1.66 bits per heavy atom. The van der Waals surface area contributed by atoms with Gasteiger partial charge in [0.25, 0.3) is 0 Å². The minimum Gasteiger partial charge on any atom is -0.480 e. The third-order valence-electron chi connectivity index (χ3n) is 5.56. The number of nitrogens with one attached hydrogen (secondary N) is 3. The van der Waals surface area contributed by atoms with Gasteiger partial charge in [0.1, 0.15) is 12.1 Å². The molecule has 2 amide bonds. The van der Waals surface area contributed by atoms with E-state index in [0.717, 1.165) is 44.9 Å². The van der Waals surface area contributed by atoms with E-state index in [9.17, 15) is 24.3 Å². The van der Waals surface area contributed by atoms with Crippen molar-refractivity contribution in [2.45, 2.75) is 103 Å². The first-order chi connectivity index (χ1) is 16.8. The zero-order valence-electron chi connectivity index (χ0n) is 20.9. The molecule has 0 aliphatic heterocycles. The van der Waals surface area contributed by atoms with Crippen molar-refractivity contribution < 1.29 is 29.0 Å². The van der Waals surface area contributed by atoms with E-state index in [1.807, 2.05) is 6.92 Å². The van der Waals surface area contributed by atoms with E-state index in [-0.39, 0.29) is 19.4 Å². The molecule has 0 fully saturated rings. The number of carbonyl (C=O) groups is 4. The van der Waals surface area contributed by atoms with E-state index in [1.165, 1.54) is 12.5 Å². The van der Waals surface area contributed by atoms with Gasteiger partial charge < -0.3 is 31.2 Å². The number of hydrogen-bond donors (Lipinski definition) is 5. The maximum atomic E-state index is 13.0. The summed E-state index contributed by atoms with van der Waals surface area (Å²) in [5.41, 5.74) is 6.42. The second-order valence-electron chi connectivity index (χ2n) is 8.68. The Morgan fingerprint density at radius 1 is 1.00 bits per heavy atom. The third kappa shape index (κ3) is 12.9. The molecule has 0 saturated carbocycles. The fourth-order valence-corrected chi connectivity index (χ4v) is 3.43. The molecular weight excluding hydrogens is 454 g/mol. The number of amides is 2. The minimum atomic E-state index is -1.20. The van der Waals surface area contributed by atoms with Crippen LogP contribution in [-0.2, 0) is 30.3 Å². The number of carboxylic acid groups (broad SMARTS) is 1. The lowest BCUT2D eigenvalue weighted by atomic mass is 10.0. The van der Waals surface area contributed by atoms with E-state index in [4.69, 9.17) is 10.5 Å². The number of aromatic nitrogens is 2. The first kappa shape index (κ1) is 30.1. The number of unbranched alkanes of at least 4 members (excludes halogenated alkanes) is 6. The molecule has 11 nitrogen and oxygen atoms in total. The highest BCUT2D eigenvalue weighted by Gasteiger charge is 2.29. The standard InChI is InChI=1S/C24H41N5O6/c1-3-5-7-8-9-10-11-19(28-22(31)18(25)14-21(30)35-12-6-4-2)23(32)29-20(24(33)34)13-17-15-26-16-27-17/h15-16,18-20H,3-14,25H2,1-2H3,(H,26,27)(H,28,31)(H,29,32)(H,33,34). The minimum absolute atomic E-state index is 0.0157. The predicted molar refractivity (Wildman–Crippen MR) is 130 cm³/mol. The van der Waals surface area contributed by atoms with E-state index in [2.05, 4.69) is 27.5 Å². The van der Waals surface area contributed by atoms with Crippen molar-refractivity contribution in [2.75, 3.05) is 6.61 Å². The molecular formula is C24H41N5O6. The molecule has 3 atom stereocenters. The Labute approximate surface area is 207 Å². The summed E-state index contributed by atoms with van der Waals surface area (Å²) >= 11 is 0. The summed E-state index contributed by atoms with van der Waals surface area (Å²) in [5, 5.41) is 14.6. The molecule has 0 aromatic carbocycles. The summed E-state index contributed by atoms with van der Waals surface area (Å²) in [6, 6.07) is -3.35. The first-order valence-corrected chi connectivity index (χ1v) is 12.5. The fraction of sp³-hybridized carbons (Fsp3) is 0.708. The van der Waals surface area contributed by atoms with Crippen LogP contribution in [0.2, 0.25) is 0 Å². The number of nitrogens with zero attached hydrogens (tertiary/aromatic N) is 1. The average molecular weight is 496 g/mol. The van der Waals surface area contributed by atoms with Crippen LogP contribution in [0, 0.1) is 0 Å². The van der Waals surface area contributed by atoms with Gasteiger partial charge in [-0.15, -0.1) is 0 Å². The van der Waals surface area contributed by atoms with Gasteiger partial charge in [-0.2, -0.15) is 0 Å². The monoisotopic (exact) mass is 495 g/mol. The van der Waals surface area contributed by atoms with Crippen molar-refractivity contribution in [3.05, 3.63) is 18.2 Å². The maximum absolute atomic E-state index is 13.0. The van der Waals surface area contributed by atoms with Crippen LogP contribution in [0.5, 0.6) is 0 Å². The molecule has 1 heterocycles. The summed E-state index contributed by atoms with van der Waals surface area (Å²) in [5.74, 6) is -3.06. The van der Waals surface area contributed by atoms with Crippen LogP contribution in [0.15, 0.2) is 12.5 Å². The molecule has 35 heavy (non-hydrogen) atoms. The highest BCUT2D eigenvalue weighted by molar-refractivity contribution is 5.93. The normalized spacial score (nSPS) is 13.5. The summed E-state index contributed by atoms with van der Waals surface area (Å²) in [6.45, 7) is 4.35. The summed E-state index contributed by atoms with van der Waals surface area (Å²) in [6.07, 6.45) is 10.4. The van der Waals surface area contributed by atoms with Gasteiger partial charge in [0.05, 0.1) is 25.4 Å². The van der Waals surface area contributed by atoms with Crippen LogP contribution in [0.4, 0.5) is 0 Å². The highest BCUT2D eigenvalue weighted by Crippen LogP contribution is 2.10. The lowest BCUT2D eigenvalue weighted by molar-refractivity contribution is -0.146. The molecule has 0 radical (unpaired) electrons. The average Bonchev–Trinajstić information content (AvgIpc) is 3.33. The number of ether oxygens (including phenoxy) is 1. The van der Waals surface area contributed by atoms with Crippen LogP contribution in [0.1, 0.15) is 83.7 Å². The van der Waals surface area contributed by atoms with Crippen molar-refractivity contribution in [3.8, 4) is 0 Å². The number of esters is 1. The van der Waals surface area contributed by atoms with Gasteiger partial charge >= 0.3 is 11.9 Å². The second-order valence-corrected chi connectivity index (χ2v) is 8.68. The third-order valence-corrected chi connectivity index (χ3v) is 5.56. The number of carboxylic acids is 1. The van der Waals surface area contributed by atoms with Gasteiger partial charge in [0.15, 0.2) is 0 Å². The second kappa shape index (κ2) is 17.5. The van der Waals surface area contributed by atoms with E-state index < -0.39 is 41.9 Å². The topological polar surface area (TPSA) is 176 Å². The SMILES string of the molecule is CCCCCCCCC(NC(=O)C(N)CC(=O)OCCCC)C(=O)NC(Cc1cnc[nH]1)C(=O)O. The van der Waals surface area contributed by atoms with Gasteiger partial charge in [-0.25, -0.2) is 9.78 Å². The Hall–Kier alpha value is -2.95. The van der Waals surface area contributed by atoms with Crippen molar-refractivity contribution in [3.63, 3.8) is 0 Å². The van der Waals surface area contributed by atoms with Gasteiger partial charge in [-0.3, -0.25) is 14.4 Å². The van der Waals surface area contributed by atoms with Crippen LogP contribution < -0.4 is 16.4 Å². The molecule has 1 aromatic heterocycles. The quantitative estimate of drug-likeness (QED) is 0.142. The molecule has 3 unspecified atom stereocenters. The molecule has 0 spiro atoms. The molecule has 11 heteroatoms. The van der Waals surface area contributed by atoms with Crippen LogP contribution in [-0.4, -0.2) is 63.6 Å². The van der Waals surface area contributed by atoms with Crippen LogP contribution in [0.25, 0.3) is 0 Å². The molecule has 0 aliphatic carbocycles. The smallest absolute Gasteiger partial charge is 0.326 e. The van der Waals surface area contributed by atoms with Crippen molar-refractivity contribution in [1.29, 1.82) is 0 Å². The lowest BCUT2D eigenvalue weighted by Crippen LogP contribution is -2.55. The van der Waals surface area contributed by atoms with E-state index >= 15 is 0 Å². The number of carbonyl (C=O) groups excluding carboxylic acids is 3. The number of H-pyrrole nitrogens is 1. The largest absolute Gasteiger partial charge is 0.480 e. The fourth-order valence-electron chi connectivity index (χ4n) is 3.43. The number of aromatic amines is 1. The van der Waals surface area contributed by atoms with Gasteiger partial charge in [-0.1, -0.05) is 58.8 Å². The van der Waals surface area contributed by atoms with Crippen LogP contribution >= 0.6 is 0 Å². The maximum Gasteiger partial charge on any atom is 0.326 e. The van der Waals surface area contributed by atoms with Crippen molar-refractivity contribution >= 4 is 23.8 Å². The van der Waals surface area contributed by atoms with Crippen molar-refractivity contribution in [2.24, 2.45) is 5.73 Å². The number of imidazole rings is 1. The van der Waals surface area contributed by atoms with Gasteiger partial charge in [0.2, 0.25) is 11.8 Å². The van der Waals surface area contributed by atoms with Crippen molar-refractivity contribution in [1.82, 2.24) is 20.6 Å². The summed E-state index contributed by atoms with van der Waals surface area (Å²) < 4.78 is 5.04. The Kier molecular flexibility index (Phi) is 15.0. The van der Waals surface area contributed by atoms with Gasteiger partial charge in [-0.05, 0) is 12.8 Å². The molecule has 0 bridgehead atoms. The Morgan fingerprint density at radius 3 is 2.29 bits per heavy atom. The zero-order valence-corrected chi connectivity index (χ0v) is 20.9. The first-order valence-electron chi connectivity index (χ1n) is 12.5. The number of nitrogens with two attached hydrogens (primary N) is 1. The van der Waals surface area contributed by atoms with Gasteiger partial charge in [0, 0.05) is 18.3 Å². The predicted octanol–water partition coefficient (Wildman–Crippen LogP) is 1.82. The molecule has 6 N–H and O–H groups in total. The lowest BCUT2D eigenvalue weighted by Gasteiger charge is -2.23. The van der Waals surface area contributed by atoms with E-state index in [0.29, 0.717) is 18.5 Å². The molecule has 0 aliphatic rings. The molecule has 0 saturated heterocycles. The number of hydrogen-bond acceptors (Lipinski definition) is 7. The highest BCUT2D eigenvalue weighted by atomic mass is 16.5. The zero-order chi connectivity index (χ0) is 26.1. The Bertz CT molecular complexity index is 770. The molecule has 1 rings (SSSR count). The van der Waals surface area contributed by atoms with E-state index in [1.54, 1.807) is 0 Å². The number of rotatable bonds is 19. The molecule has 198 valence electrons. The van der Waals surface area contributed by atoms with Crippen LogP contribution in [0.3, 0.4) is 0 Å². The summed E-state index contributed by atoms with van der Waals surface area (Å²) in [7, 11) is 0.